The van der Waals surface area contributed by atoms with Crippen molar-refractivity contribution in [2.45, 2.75) is 39.2 Å². The van der Waals surface area contributed by atoms with E-state index in [2.05, 4.69) is 97.8 Å². The summed E-state index contributed by atoms with van der Waals surface area (Å²) in [5.41, 5.74) is 12.9. The van der Waals surface area contributed by atoms with Gasteiger partial charge in [0.25, 0.3) is 0 Å². The number of hydrogen-bond donors (Lipinski definition) is 2. The number of piperazine rings is 1. The number of nitrogens with zero attached hydrogens (tertiary/aromatic N) is 7. The van der Waals surface area contributed by atoms with Crippen molar-refractivity contribution < 1.29 is 0 Å². The maximum atomic E-state index is 6.24. The fourth-order valence-corrected chi connectivity index (χ4v) is 5.53. The van der Waals surface area contributed by atoms with Crippen LogP contribution in [0.25, 0.3) is 23.2 Å². The van der Waals surface area contributed by atoms with Crippen LogP contribution in [0.2, 0.25) is 0 Å². The molecule has 206 valence electrons. The number of hydrogen-bond acceptors (Lipinski definition) is 8. The second-order valence-electron chi connectivity index (χ2n) is 10.9. The quantitative estimate of drug-likeness (QED) is 0.355. The van der Waals surface area contributed by atoms with Crippen molar-refractivity contribution in [3.63, 3.8) is 0 Å². The van der Waals surface area contributed by atoms with E-state index in [-0.39, 0.29) is 5.95 Å². The molecule has 0 bridgehead atoms. The van der Waals surface area contributed by atoms with Crippen LogP contribution in [0.3, 0.4) is 0 Å². The summed E-state index contributed by atoms with van der Waals surface area (Å²) in [6.45, 7) is 10.1. The van der Waals surface area contributed by atoms with Gasteiger partial charge in [0, 0.05) is 50.0 Å². The maximum Gasteiger partial charge on any atom is 0.248 e. The van der Waals surface area contributed by atoms with Crippen LogP contribution >= 0.6 is 0 Å². The van der Waals surface area contributed by atoms with Crippen LogP contribution in [0, 0.1) is 0 Å². The number of fused-ring (bicyclic) bond motifs is 3. The van der Waals surface area contributed by atoms with Gasteiger partial charge in [-0.05, 0) is 68.0 Å². The molecule has 1 saturated heterocycles. The average Bonchev–Trinajstić information content (AvgIpc) is 3.23. The summed E-state index contributed by atoms with van der Waals surface area (Å²) in [6, 6.07) is 19.3. The lowest BCUT2D eigenvalue weighted by molar-refractivity contribution is 0.117. The van der Waals surface area contributed by atoms with E-state index in [0.717, 1.165) is 80.1 Å². The van der Waals surface area contributed by atoms with Crippen molar-refractivity contribution in [1.82, 2.24) is 34.8 Å². The van der Waals surface area contributed by atoms with Gasteiger partial charge >= 0.3 is 0 Å². The molecule has 2 aromatic heterocycles. The lowest BCUT2D eigenvalue weighted by Crippen LogP contribution is -2.48. The van der Waals surface area contributed by atoms with Crippen molar-refractivity contribution in [3.8, 4) is 17.1 Å². The van der Waals surface area contributed by atoms with Gasteiger partial charge in [0.15, 0.2) is 5.82 Å². The molecule has 0 saturated carbocycles. The highest BCUT2D eigenvalue weighted by Crippen LogP contribution is 2.31. The molecule has 1 aliphatic carbocycles. The number of aryl methyl sites for hydroxylation is 2. The molecule has 0 spiro atoms. The highest BCUT2D eigenvalue weighted by molar-refractivity contribution is 5.68. The Morgan fingerprint density at radius 2 is 1.73 bits per heavy atom. The molecule has 4 aromatic rings. The highest BCUT2D eigenvalue weighted by Gasteiger charge is 2.19. The van der Waals surface area contributed by atoms with Crippen molar-refractivity contribution >= 4 is 23.7 Å². The molecule has 40 heavy (non-hydrogen) atoms. The Kier molecular flexibility index (Phi) is 7.57. The van der Waals surface area contributed by atoms with Crippen molar-refractivity contribution in [2.75, 3.05) is 43.8 Å². The van der Waals surface area contributed by atoms with Crippen molar-refractivity contribution in [2.24, 2.45) is 0 Å². The molecular formula is C31H37N9. The summed E-state index contributed by atoms with van der Waals surface area (Å²) < 4.78 is 1.55. The van der Waals surface area contributed by atoms with E-state index in [0.29, 0.717) is 17.8 Å². The minimum absolute atomic E-state index is 0.263. The van der Waals surface area contributed by atoms with E-state index in [1.807, 2.05) is 18.2 Å². The second-order valence-corrected chi connectivity index (χ2v) is 10.9. The Balaban J connectivity index is 1.09. The number of nitrogen functional groups attached to an aromatic ring is 1. The fourth-order valence-electron chi connectivity index (χ4n) is 5.53. The number of nitrogens with two attached hydrogens (primary N) is 1. The third kappa shape index (κ3) is 5.76. The largest absolute Gasteiger partial charge is 0.368 e. The minimum Gasteiger partial charge on any atom is -0.368 e. The normalized spacial score (nSPS) is 16.2. The first-order valence-electron chi connectivity index (χ1n) is 14.2. The maximum absolute atomic E-state index is 6.24. The molecule has 0 unspecified atom stereocenters. The Morgan fingerprint density at radius 1 is 0.950 bits per heavy atom. The topological polar surface area (TPSA) is 101 Å². The van der Waals surface area contributed by atoms with Crippen LogP contribution in [0.15, 0.2) is 60.7 Å². The van der Waals surface area contributed by atoms with Crippen LogP contribution in [-0.2, 0) is 12.8 Å². The summed E-state index contributed by atoms with van der Waals surface area (Å²) in [5.74, 6) is 1.25. The van der Waals surface area contributed by atoms with Gasteiger partial charge in [0.2, 0.25) is 11.9 Å². The van der Waals surface area contributed by atoms with Crippen LogP contribution in [0.5, 0.6) is 0 Å². The van der Waals surface area contributed by atoms with E-state index < -0.39 is 0 Å². The van der Waals surface area contributed by atoms with Gasteiger partial charge in [-0.3, -0.25) is 9.80 Å². The lowest BCUT2D eigenvalue weighted by atomic mass is 10.0. The van der Waals surface area contributed by atoms with Crippen molar-refractivity contribution in [1.29, 1.82) is 0 Å². The van der Waals surface area contributed by atoms with E-state index >= 15 is 0 Å². The van der Waals surface area contributed by atoms with Gasteiger partial charge in [-0.25, -0.2) is 0 Å². The molecule has 2 aromatic carbocycles. The monoisotopic (exact) mass is 535 g/mol. The van der Waals surface area contributed by atoms with E-state index in [1.54, 1.807) is 4.68 Å². The molecule has 0 amide bonds. The second kappa shape index (κ2) is 11.6. The summed E-state index contributed by atoms with van der Waals surface area (Å²) in [7, 11) is 0. The zero-order valence-electron chi connectivity index (χ0n) is 23.3. The van der Waals surface area contributed by atoms with Crippen LogP contribution in [0.1, 0.15) is 37.0 Å². The SMILES string of the molecule is CC(C)N1CCN(C/C=C/c2ccc(Nc3nc(N)n(-c4cc5c(nn4)-c4ccccc4CCC5)n3)cc2)CC1. The standard InChI is InChI=1S/C31H37N9/c1-22(2)39-19-17-38(18-20-39)16-6-7-23-12-14-26(15-13-23)33-31-34-30(32)40(37-31)28-21-25-10-5-9-24-8-3-4-11-27(24)29(25)36-35-28/h3-4,6-8,11-15,21-22H,5,9-10,16-20H2,1-2H3,(H3,32,33,34,37)/b7-6+. The lowest BCUT2D eigenvalue weighted by Gasteiger charge is -2.36. The van der Waals surface area contributed by atoms with Gasteiger partial charge < -0.3 is 11.1 Å². The fraction of sp³-hybridized carbons (Fsp3) is 0.355. The molecule has 0 radical (unpaired) electrons. The van der Waals surface area contributed by atoms with Crippen LogP contribution in [0.4, 0.5) is 17.6 Å². The van der Waals surface area contributed by atoms with Gasteiger partial charge in [-0.2, -0.15) is 9.67 Å². The van der Waals surface area contributed by atoms with Crippen LogP contribution < -0.4 is 11.1 Å². The first kappa shape index (κ1) is 26.2. The zero-order valence-corrected chi connectivity index (χ0v) is 23.3. The number of anilines is 3. The van der Waals surface area contributed by atoms with Crippen molar-refractivity contribution in [3.05, 3.63) is 77.4 Å². The van der Waals surface area contributed by atoms with Crippen LogP contribution in [-0.4, -0.2) is 73.5 Å². The number of rotatable bonds is 7. The Morgan fingerprint density at radius 3 is 2.52 bits per heavy atom. The molecule has 1 aliphatic heterocycles. The van der Waals surface area contributed by atoms with E-state index in [1.165, 1.54) is 5.56 Å². The van der Waals surface area contributed by atoms with Gasteiger partial charge in [0.1, 0.15) is 0 Å². The predicted molar refractivity (Wildman–Crippen MR) is 161 cm³/mol. The summed E-state index contributed by atoms with van der Waals surface area (Å²) >= 11 is 0. The number of benzene rings is 2. The van der Waals surface area contributed by atoms with Gasteiger partial charge in [0.05, 0.1) is 5.69 Å². The molecular weight excluding hydrogens is 498 g/mol. The molecule has 2 aliphatic rings. The van der Waals surface area contributed by atoms with E-state index in [4.69, 9.17) is 5.73 Å². The molecule has 0 atom stereocenters. The highest BCUT2D eigenvalue weighted by atomic mass is 15.4. The smallest absolute Gasteiger partial charge is 0.248 e. The molecule has 9 nitrogen and oxygen atoms in total. The minimum atomic E-state index is 0.263. The molecule has 6 rings (SSSR count). The third-order valence-corrected chi connectivity index (χ3v) is 7.85. The summed E-state index contributed by atoms with van der Waals surface area (Å²) in [5, 5.41) is 16.9. The summed E-state index contributed by atoms with van der Waals surface area (Å²) in [4.78, 5) is 9.46. The first-order valence-corrected chi connectivity index (χ1v) is 14.2. The van der Waals surface area contributed by atoms with E-state index in [9.17, 15) is 0 Å². The molecule has 3 heterocycles. The zero-order chi connectivity index (χ0) is 27.5. The summed E-state index contributed by atoms with van der Waals surface area (Å²) in [6.07, 6.45) is 7.46. The predicted octanol–water partition coefficient (Wildman–Crippen LogP) is 4.58. The average molecular weight is 536 g/mol. The number of aromatic nitrogens is 5. The van der Waals surface area contributed by atoms with Gasteiger partial charge in [-0.1, -0.05) is 48.6 Å². The Hall–Kier alpha value is -4.08. The Labute approximate surface area is 235 Å². The third-order valence-electron chi connectivity index (χ3n) is 7.85. The Bertz CT molecular complexity index is 1480. The van der Waals surface area contributed by atoms with Gasteiger partial charge in [-0.15, -0.1) is 15.3 Å². The molecule has 1 fully saturated rings. The first-order chi connectivity index (χ1) is 19.5. The number of nitrogens with one attached hydrogen (secondary N) is 1. The molecule has 3 N–H and O–H groups in total. The molecule has 9 heteroatoms.